The Kier molecular flexibility index (Phi) is 6.40. The van der Waals surface area contributed by atoms with Crippen LogP contribution in [0.15, 0.2) is 24.3 Å². The van der Waals surface area contributed by atoms with E-state index >= 15 is 0 Å². The van der Waals surface area contributed by atoms with Crippen molar-refractivity contribution in [3.05, 3.63) is 45.8 Å². The van der Waals surface area contributed by atoms with E-state index in [-0.39, 0.29) is 5.91 Å². The molecule has 1 aromatic heterocycles. The Balaban J connectivity index is 2.21. The smallest absolute Gasteiger partial charge is 0.272 e. The van der Waals surface area contributed by atoms with Gasteiger partial charge in [0, 0.05) is 25.3 Å². The van der Waals surface area contributed by atoms with E-state index in [9.17, 15) is 4.79 Å². The van der Waals surface area contributed by atoms with Gasteiger partial charge in [-0.1, -0.05) is 36.5 Å². The Morgan fingerprint density at radius 1 is 1.21 bits per heavy atom. The van der Waals surface area contributed by atoms with Crippen molar-refractivity contribution in [3.63, 3.8) is 0 Å². The largest absolute Gasteiger partial charge is 0.340 e. The highest BCUT2D eigenvalue weighted by Gasteiger charge is 2.15. The topological polar surface area (TPSA) is 58.1 Å². The Labute approximate surface area is 152 Å². The monoisotopic (exact) mass is 366 g/mol. The predicted octanol–water partition coefficient (Wildman–Crippen LogP) is 4.71. The molecule has 0 saturated heterocycles. The fourth-order valence-electron chi connectivity index (χ4n) is 2.16. The highest BCUT2D eigenvalue weighted by molar-refractivity contribution is 6.42. The molecule has 0 atom stereocenters. The van der Waals surface area contributed by atoms with Crippen LogP contribution in [0.2, 0.25) is 10.0 Å². The molecule has 0 saturated carbocycles. The van der Waals surface area contributed by atoms with Crippen molar-refractivity contribution < 1.29 is 4.79 Å². The molecule has 0 aliphatic heterocycles. The lowest BCUT2D eigenvalue weighted by atomic mass is 10.2. The number of hydrogen-bond donors (Lipinski definition) is 1. The highest BCUT2D eigenvalue weighted by atomic mass is 35.5. The van der Waals surface area contributed by atoms with E-state index < -0.39 is 0 Å². The van der Waals surface area contributed by atoms with Crippen molar-refractivity contribution in [2.75, 3.05) is 18.9 Å². The lowest BCUT2D eigenvalue weighted by Crippen LogP contribution is -2.28. The Hall–Kier alpha value is -1.85. The average Bonchev–Trinajstić information content (AvgIpc) is 2.54. The number of nitrogens with one attached hydrogen (secondary N) is 1. The van der Waals surface area contributed by atoms with Crippen molar-refractivity contribution in [1.29, 1.82) is 0 Å². The third-order valence-electron chi connectivity index (χ3n) is 3.44. The van der Waals surface area contributed by atoms with E-state index in [1.54, 1.807) is 43.1 Å². The zero-order valence-electron chi connectivity index (χ0n) is 13.9. The molecule has 0 fully saturated rings. The minimum atomic E-state index is -0.119. The number of anilines is 2. The van der Waals surface area contributed by atoms with E-state index in [0.29, 0.717) is 33.9 Å². The Morgan fingerprint density at radius 2 is 1.96 bits per heavy atom. The van der Waals surface area contributed by atoms with Crippen LogP contribution in [0.4, 0.5) is 11.5 Å². The van der Waals surface area contributed by atoms with Gasteiger partial charge in [-0.15, -0.1) is 0 Å². The summed E-state index contributed by atoms with van der Waals surface area (Å²) in [5.74, 6) is 0.937. The zero-order valence-corrected chi connectivity index (χ0v) is 15.4. The normalized spacial score (nSPS) is 10.5. The highest BCUT2D eigenvalue weighted by Crippen LogP contribution is 2.26. The standard InChI is InChI=1S/C17H20Cl2N4O/c1-4-5-8-23(3)17(24)15-10-16(21-11(2)20-15)22-12-6-7-13(18)14(19)9-12/h6-7,9-10H,4-5,8H2,1-3H3,(H,20,21,22). The van der Waals surface area contributed by atoms with E-state index in [1.165, 1.54) is 0 Å². The molecule has 24 heavy (non-hydrogen) atoms. The summed E-state index contributed by atoms with van der Waals surface area (Å²) in [5, 5.41) is 4.05. The van der Waals surface area contributed by atoms with Crippen molar-refractivity contribution in [2.45, 2.75) is 26.7 Å². The molecule has 1 N–H and O–H groups in total. The van der Waals surface area contributed by atoms with Gasteiger partial charge in [0.2, 0.25) is 0 Å². The third kappa shape index (κ3) is 4.82. The molecule has 5 nitrogen and oxygen atoms in total. The van der Waals surface area contributed by atoms with Gasteiger partial charge in [-0.2, -0.15) is 0 Å². The van der Waals surface area contributed by atoms with Crippen LogP contribution in [0.3, 0.4) is 0 Å². The number of halogens is 2. The van der Waals surface area contributed by atoms with Crippen LogP contribution in [0.1, 0.15) is 36.1 Å². The van der Waals surface area contributed by atoms with Crippen molar-refractivity contribution in [2.24, 2.45) is 0 Å². The molecular weight excluding hydrogens is 347 g/mol. The van der Waals surface area contributed by atoms with Crippen molar-refractivity contribution >= 4 is 40.6 Å². The summed E-state index contributed by atoms with van der Waals surface area (Å²) < 4.78 is 0. The lowest BCUT2D eigenvalue weighted by molar-refractivity contribution is 0.0787. The number of benzene rings is 1. The van der Waals surface area contributed by atoms with E-state index in [0.717, 1.165) is 18.5 Å². The predicted molar refractivity (Wildman–Crippen MR) is 98.4 cm³/mol. The number of carbonyl (C=O) groups is 1. The fourth-order valence-corrected chi connectivity index (χ4v) is 2.45. The number of rotatable bonds is 6. The third-order valence-corrected chi connectivity index (χ3v) is 4.18. The molecule has 0 aliphatic carbocycles. The molecule has 0 unspecified atom stereocenters. The molecule has 2 aromatic rings. The number of hydrogen-bond acceptors (Lipinski definition) is 4. The van der Waals surface area contributed by atoms with Crippen LogP contribution in [0.25, 0.3) is 0 Å². The van der Waals surface area contributed by atoms with Gasteiger partial charge in [0.25, 0.3) is 5.91 Å². The summed E-state index contributed by atoms with van der Waals surface area (Å²) in [6.45, 7) is 4.54. The molecule has 7 heteroatoms. The molecule has 1 aromatic carbocycles. The van der Waals surface area contributed by atoms with Crippen molar-refractivity contribution in [3.8, 4) is 0 Å². The van der Waals surface area contributed by atoms with Crippen molar-refractivity contribution in [1.82, 2.24) is 14.9 Å². The summed E-state index contributed by atoms with van der Waals surface area (Å²) in [7, 11) is 1.78. The molecular formula is C17H20Cl2N4O. The second-order valence-electron chi connectivity index (χ2n) is 5.52. The van der Waals surface area contributed by atoms with Crippen LogP contribution in [0.5, 0.6) is 0 Å². The maximum Gasteiger partial charge on any atom is 0.272 e. The maximum absolute atomic E-state index is 12.5. The lowest BCUT2D eigenvalue weighted by Gasteiger charge is -2.17. The van der Waals surface area contributed by atoms with E-state index in [4.69, 9.17) is 23.2 Å². The molecule has 0 radical (unpaired) electrons. The Bertz CT molecular complexity index is 737. The summed E-state index contributed by atoms with van der Waals surface area (Å²) in [6.07, 6.45) is 1.99. The number of unbranched alkanes of at least 4 members (excludes halogenated alkanes) is 1. The van der Waals surface area contributed by atoms with E-state index in [1.807, 2.05) is 0 Å². The summed E-state index contributed by atoms with van der Waals surface area (Å²) in [5.41, 5.74) is 1.10. The summed E-state index contributed by atoms with van der Waals surface area (Å²) in [6, 6.07) is 6.84. The van der Waals surface area contributed by atoms with Crippen LogP contribution in [0, 0.1) is 6.92 Å². The number of nitrogens with zero attached hydrogens (tertiary/aromatic N) is 3. The summed E-state index contributed by atoms with van der Waals surface area (Å²) in [4.78, 5) is 22.7. The molecule has 128 valence electrons. The first-order chi connectivity index (χ1) is 11.4. The SMILES string of the molecule is CCCCN(C)C(=O)c1cc(Nc2ccc(Cl)c(Cl)c2)nc(C)n1. The number of aromatic nitrogens is 2. The van der Waals surface area contributed by atoms with Gasteiger partial charge in [-0.3, -0.25) is 4.79 Å². The molecule has 2 rings (SSSR count). The van der Waals surface area contributed by atoms with Gasteiger partial charge in [-0.25, -0.2) is 9.97 Å². The molecule has 0 bridgehead atoms. The van der Waals surface area contributed by atoms with Gasteiger partial charge in [-0.05, 0) is 31.5 Å². The second kappa shape index (κ2) is 8.31. The van der Waals surface area contributed by atoms with Crippen LogP contribution in [-0.4, -0.2) is 34.4 Å². The van der Waals surface area contributed by atoms with Crippen LogP contribution >= 0.6 is 23.2 Å². The van der Waals surface area contributed by atoms with Gasteiger partial charge >= 0.3 is 0 Å². The van der Waals surface area contributed by atoms with Crippen LogP contribution < -0.4 is 5.32 Å². The number of amides is 1. The van der Waals surface area contributed by atoms with E-state index in [2.05, 4.69) is 22.2 Å². The van der Waals surface area contributed by atoms with Gasteiger partial charge in [0.05, 0.1) is 10.0 Å². The van der Waals surface area contributed by atoms with Gasteiger partial charge in [0.1, 0.15) is 17.3 Å². The average molecular weight is 367 g/mol. The number of carbonyl (C=O) groups excluding carboxylic acids is 1. The second-order valence-corrected chi connectivity index (χ2v) is 6.33. The van der Waals surface area contributed by atoms with Crippen LogP contribution in [-0.2, 0) is 0 Å². The fraction of sp³-hybridized carbons (Fsp3) is 0.353. The first-order valence-electron chi connectivity index (χ1n) is 7.74. The quantitative estimate of drug-likeness (QED) is 0.804. The molecule has 1 amide bonds. The molecule has 0 spiro atoms. The van der Waals surface area contributed by atoms with Gasteiger partial charge in [0.15, 0.2) is 0 Å². The first kappa shape index (κ1) is 18.5. The first-order valence-corrected chi connectivity index (χ1v) is 8.49. The summed E-state index contributed by atoms with van der Waals surface area (Å²) >= 11 is 11.9. The number of aryl methyl sites for hydroxylation is 1. The molecule has 1 heterocycles. The Morgan fingerprint density at radius 3 is 2.62 bits per heavy atom. The zero-order chi connectivity index (χ0) is 17.7. The van der Waals surface area contributed by atoms with Gasteiger partial charge < -0.3 is 10.2 Å². The maximum atomic E-state index is 12.5. The minimum Gasteiger partial charge on any atom is -0.340 e. The minimum absolute atomic E-state index is 0.119. The molecule has 0 aliphatic rings.